The molecule has 0 radical (unpaired) electrons. The Morgan fingerprint density at radius 1 is 0.850 bits per heavy atom. The van der Waals surface area contributed by atoms with Gasteiger partial charge in [-0.05, 0) is 6.07 Å². The van der Waals surface area contributed by atoms with Crippen molar-refractivity contribution in [2.45, 2.75) is 0 Å². The van der Waals surface area contributed by atoms with E-state index in [0.717, 1.165) is 21.5 Å². The first-order valence-corrected chi connectivity index (χ1v) is 6.89. The first kappa shape index (κ1) is 13.5. The average molecular weight is 307 g/mol. The van der Waals surface area contributed by atoms with E-state index >= 15 is 0 Å². The molecule has 0 aromatic heterocycles. The summed E-state index contributed by atoms with van der Waals surface area (Å²) in [6.45, 7) is 0.167. The van der Waals surface area contributed by atoms with Crippen LogP contribution < -0.4 is 4.74 Å². The normalized spacial score (nSPS) is 11.2. The number of benzene rings is 3. The fourth-order valence-electron chi connectivity index (χ4n) is 2.33. The second-order valence-electron chi connectivity index (χ2n) is 4.40. The molecule has 0 N–H and O–H groups in total. The third-order valence-electron chi connectivity index (χ3n) is 3.21. The maximum Gasteiger partial charge on any atom is 0.188 e. The average Bonchev–Trinajstić information content (AvgIpc) is 2.50. The standard InChI is InChI=1S/C16H12Cl2O2/c1-19-9-20-13-8-4-7-12-14(13)16(18)11-6-3-2-5-10(11)15(12)17/h2-8H,9H2,1H3. The molecule has 0 aliphatic rings. The maximum atomic E-state index is 6.55. The van der Waals surface area contributed by atoms with Gasteiger partial charge in [0.1, 0.15) is 5.75 Å². The van der Waals surface area contributed by atoms with Crippen LogP contribution in [0.5, 0.6) is 5.75 Å². The molecule has 0 atom stereocenters. The van der Waals surface area contributed by atoms with E-state index in [0.29, 0.717) is 15.8 Å². The Kier molecular flexibility index (Phi) is 3.70. The molecule has 0 saturated heterocycles. The zero-order chi connectivity index (χ0) is 14.1. The SMILES string of the molecule is COCOc1cccc2c(Cl)c3ccccc3c(Cl)c12. The van der Waals surface area contributed by atoms with Crippen LogP contribution in [0.15, 0.2) is 42.5 Å². The van der Waals surface area contributed by atoms with Crippen LogP contribution in [0.25, 0.3) is 21.5 Å². The highest BCUT2D eigenvalue weighted by Crippen LogP contribution is 2.42. The first-order chi connectivity index (χ1) is 9.74. The summed E-state index contributed by atoms with van der Waals surface area (Å²) >= 11 is 13.1. The second-order valence-corrected chi connectivity index (χ2v) is 5.16. The molecule has 2 nitrogen and oxygen atoms in total. The lowest BCUT2D eigenvalue weighted by molar-refractivity contribution is 0.0522. The molecule has 0 unspecified atom stereocenters. The Labute approximate surface area is 126 Å². The minimum atomic E-state index is 0.167. The van der Waals surface area contributed by atoms with Crippen LogP contribution in [0.2, 0.25) is 10.0 Å². The second kappa shape index (κ2) is 5.49. The summed E-state index contributed by atoms with van der Waals surface area (Å²) in [5.74, 6) is 0.669. The van der Waals surface area contributed by atoms with Crippen molar-refractivity contribution in [3.63, 3.8) is 0 Å². The van der Waals surface area contributed by atoms with Gasteiger partial charge in [-0.2, -0.15) is 0 Å². The maximum absolute atomic E-state index is 6.55. The fraction of sp³-hybridized carbons (Fsp3) is 0.125. The van der Waals surface area contributed by atoms with Gasteiger partial charge >= 0.3 is 0 Å². The Hall–Kier alpha value is -1.48. The smallest absolute Gasteiger partial charge is 0.188 e. The Balaban J connectivity index is 2.40. The van der Waals surface area contributed by atoms with Crippen LogP contribution in [-0.2, 0) is 4.74 Å². The summed E-state index contributed by atoms with van der Waals surface area (Å²) in [6, 6.07) is 13.5. The van der Waals surface area contributed by atoms with Crippen molar-refractivity contribution in [2.75, 3.05) is 13.9 Å². The van der Waals surface area contributed by atoms with E-state index in [1.807, 2.05) is 42.5 Å². The molecule has 0 bridgehead atoms. The van der Waals surface area contributed by atoms with Crippen LogP contribution in [0.1, 0.15) is 0 Å². The van der Waals surface area contributed by atoms with Gasteiger partial charge in [0.2, 0.25) is 0 Å². The number of hydrogen-bond acceptors (Lipinski definition) is 2. The van der Waals surface area contributed by atoms with E-state index in [9.17, 15) is 0 Å². The van der Waals surface area contributed by atoms with Crippen molar-refractivity contribution < 1.29 is 9.47 Å². The lowest BCUT2D eigenvalue weighted by atomic mass is 10.0. The Bertz CT molecular complexity index is 784. The molecule has 102 valence electrons. The molecule has 0 saturated carbocycles. The van der Waals surface area contributed by atoms with E-state index < -0.39 is 0 Å². The highest BCUT2D eigenvalue weighted by molar-refractivity contribution is 6.47. The monoisotopic (exact) mass is 306 g/mol. The third-order valence-corrected chi connectivity index (χ3v) is 4.01. The zero-order valence-corrected chi connectivity index (χ0v) is 12.3. The minimum absolute atomic E-state index is 0.167. The summed E-state index contributed by atoms with van der Waals surface area (Å²) in [5, 5.41) is 4.88. The zero-order valence-electron chi connectivity index (χ0n) is 10.8. The number of halogens is 2. The summed E-state index contributed by atoms with van der Waals surface area (Å²) in [6.07, 6.45) is 0. The van der Waals surface area contributed by atoms with Gasteiger partial charge < -0.3 is 9.47 Å². The molecular formula is C16H12Cl2O2. The largest absolute Gasteiger partial charge is 0.467 e. The van der Waals surface area contributed by atoms with E-state index in [1.165, 1.54) is 0 Å². The topological polar surface area (TPSA) is 18.5 Å². The number of fused-ring (bicyclic) bond motifs is 2. The molecular weight excluding hydrogens is 295 g/mol. The molecule has 4 heteroatoms. The number of rotatable bonds is 3. The van der Waals surface area contributed by atoms with Crippen molar-refractivity contribution >= 4 is 44.7 Å². The molecule has 0 aliphatic carbocycles. The van der Waals surface area contributed by atoms with Gasteiger partial charge in [0, 0.05) is 28.7 Å². The summed E-state index contributed by atoms with van der Waals surface area (Å²) < 4.78 is 10.5. The van der Waals surface area contributed by atoms with Gasteiger partial charge in [-0.3, -0.25) is 0 Å². The van der Waals surface area contributed by atoms with E-state index in [-0.39, 0.29) is 6.79 Å². The fourth-order valence-corrected chi connectivity index (χ4v) is 3.01. The first-order valence-electron chi connectivity index (χ1n) is 6.14. The summed E-state index contributed by atoms with van der Waals surface area (Å²) in [4.78, 5) is 0. The Morgan fingerprint density at radius 3 is 2.20 bits per heavy atom. The predicted octanol–water partition coefficient (Wildman–Crippen LogP) is 5.28. The molecule has 20 heavy (non-hydrogen) atoms. The molecule has 0 spiro atoms. The molecule has 0 fully saturated rings. The lowest BCUT2D eigenvalue weighted by Gasteiger charge is -2.13. The minimum Gasteiger partial charge on any atom is -0.467 e. The van der Waals surface area contributed by atoms with Gasteiger partial charge in [0.25, 0.3) is 0 Å². The van der Waals surface area contributed by atoms with Crippen molar-refractivity contribution in [3.8, 4) is 5.75 Å². The van der Waals surface area contributed by atoms with Gasteiger partial charge in [-0.15, -0.1) is 0 Å². The molecule has 0 amide bonds. The number of hydrogen-bond donors (Lipinski definition) is 0. The van der Waals surface area contributed by atoms with Crippen LogP contribution in [0.3, 0.4) is 0 Å². The highest BCUT2D eigenvalue weighted by Gasteiger charge is 2.14. The number of methoxy groups -OCH3 is 1. The van der Waals surface area contributed by atoms with Crippen molar-refractivity contribution in [2.24, 2.45) is 0 Å². The van der Waals surface area contributed by atoms with Crippen LogP contribution in [-0.4, -0.2) is 13.9 Å². The summed E-state index contributed by atoms with van der Waals surface area (Å²) in [5.41, 5.74) is 0. The molecule has 0 heterocycles. The van der Waals surface area contributed by atoms with E-state index in [4.69, 9.17) is 32.7 Å². The molecule has 3 aromatic carbocycles. The van der Waals surface area contributed by atoms with Crippen LogP contribution >= 0.6 is 23.2 Å². The van der Waals surface area contributed by atoms with Gasteiger partial charge in [-0.1, -0.05) is 59.6 Å². The third kappa shape index (κ3) is 2.10. The van der Waals surface area contributed by atoms with Gasteiger partial charge in [0.05, 0.1) is 10.0 Å². The van der Waals surface area contributed by atoms with E-state index in [1.54, 1.807) is 7.11 Å². The van der Waals surface area contributed by atoms with Crippen molar-refractivity contribution in [1.82, 2.24) is 0 Å². The summed E-state index contributed by atoms with van der Waals surface area (Å²) in [7, 11) is 1.58. The number of ether oxygens (including phenoxy) is 2. The molecule has 3 aromatic rings. The van der Waals surface area contributed by atoms with E-state index in [2.05, 4.69) is 0 Å². The molecule has 3 rings (SSSR count). The highest BCUT2D eigenvalue weighted by atomic mass is 35.5. The van der Waals surface area contributed by atoms with Crippen molar-refractivity contribution in [1.29, 1.82) is 0 Å². The van der Waals surface area contributed by atoms with Gasteiger partial charge in [0.15, 0.2) is 6.79 Å². The van der Waals surface area contributed by atoms with Gasteiger partial charge in [-0.25, -0.2) is 0 Å². The quantitative estimate of drug-likeness (QED) is 0.484. The predicted molar refractivity (Wildman–Crippen MR) is 84.0 cm³/mol. The van der Waals surface area contributed by atoms with Crippen LogP contribution in [0.4, 0.5) is 0 Å². The van der Waals surface area contributed by atoms with Crippen molar-refractivity contribution in [3.05, 3.63) is 52.5 Å². The molecule has 0 aliphatic heterocycles. The lowest BCUT2D eigenvalue weighted by Crippen LogP contribution is -1.99. The Morgan fingerprint density at radius 2 is 1.50 bits per heavy atom. The van der Waals surface area contributed by atoms with Crippen LogP contribution in [0, 0.1) is 0 Å².